The van der Waals surface area contributed by atoms with E-state index < -0.39 is 0 Å². The molecule has 112 valence electrons. The van der Waals surface area contributed by atoms with E-state index in [0.29, 0.717) is 19.4 Å². The van der Waals surface area contributed by atoms with Crippen LogP contribution >= 0.6 is 0 Å². The standard InChI is InChI=1S/C16H20N2O3/c1-11-14(12(2)21-18-11)10-17-16(19)9-8-13-6-4-5-7-15(13)20-3/h4-7H,8-10H2,1-3H3,(H,17,19). The van der Waals surface area contributed by atoms with Gasteiger partial charge >= 0.3 is 0 Å². The highest BCUT2D eigenvalue weighted by Crippen LogP contribution is 2.18. The number of nitrogens with zero attached hydrogens (tertiary/aromatic N) is 1. The van der Waals surface area contributed by atoms with Gasteiger partial charge in [-0.3, -0.25) is 4.79 Å². The van der Waals surface area contributed by atoms with Gasteiger partial charge in [0.15, 0.2) is 0 Å². The third-order valence-electron chi connectivity index (χ3n) is 3.46. The van der Waals surface area contributed by atoms with Crippen LogP contribution in [0.1, 0.15) is 29.0 Å². The molecule has 1 aromatic carbocycles. The van der Waals surface area contributed by atoms with Crippen molar-refractivity contribution in [3.63, 3.8) is 0 Å². The molecule has 0 bridgehead atoms. The molecule has 0 saturated heterocycles. The van der Waals surface area contributed by atoms with Gasteiger partial charge in [-0.05, 0) is 31.9 Å². The molecule has 0 radical (unpaired) electrons. The Labute approximate surface area is 124 Å². The number of benzene rings is 1. The summed E-state index contributed by atoms with van der Waals surface area (Å²) in [5.74, 6) is 1.56. The van der Waals surface area contributed by atoms with Crippen molar-refractivity contribution in [1.29, 1.82) is 0 Å². The Morgan fingerprint density at radius 2 is 2.10 bits per heavy atom. The van der Waals surface area contributed by atoms with Crippen molar-refractivity contribution >= 4 is 5.91 Å². The third-order valence-corrected chi connectivity index (χ3v) is 3.46. The van der Waals surface area contributed by atoms with Crippen LogP contribution in [0.2, 0.25) is 0 Å². The molecule has 0 fully saturated rings. The average Bonchev–Trinajstić information content (AvgIpc) is 2.82. The van der Waals surface area contributed by atoms with E-state index in [0.717, 1.165) is 28.3 Å². The second kappa shape index (κ2) is 6.92. The van der Waals surface area contributed by atoms with Crippen LogP contribution in [-0.2, 0) is 17.8 Å². The van der Waals surface area contributed by atoms with Gasteiger partial charge in [-0.15, -0.1) is 0 Å². The number of nitrogens with one attached hydrogen (secondary N) is 1. The van der Waals surface area contributed by atoms with Crippen LogP contribution < -0.4 is 10.1 Å². The molecule has 1 aromatic heterocycles. The molecule has 1 amide bonds. The third kappa shape index (κ3) is 3.84. The van der Waals surface area contributed by atoms with Crippen molar-refractivity contribution < 1.29 is 14.1 Å². The highest BCUT2D eigenvalue weighted by Gasteiger charge is 2.11. The van der Waals surface area contributed by atoms with E-state index in [-0.39, 0.29) is 5.91 Å². The number of amides is 1. The fraction of sp³-hybridized carbons (Fsp3) is 0.375. The molecule has 0 aliphatic rings. The Morgan fingerprint density at radius 3 is 2.76 bits per heavy atom. The Bertz CT molecular complexity index is 600. The topological polar surface area (TPSA) is 64.4 Å². The second-order valence-electron chi connectivity index (χ2n) is 4.89. The van der Waals surface area contributed by atoms with Crippen LogP contribution in [0.4, 0.5) is 0 Å². The van der Waals surface area contributed by atoms with Crippen LogP contribution in [0.5, 0.6) is 5.75 Å². The molecule has 5 nitrogen and oxygen atoms in total. The molecule has 2 rings (SSSR count). The number of hydrogen-bond donors (Lipinski definition) is 1. The Morgan fingerprint density at radius 1 is 1.33 bits per heavy atom. The normalized spacial score (nSPS) is 10.4. The van der Waals surface area contributed by atoms with Gasteiger partial charge in [0.1, 0.15) is 11.5 Å². The maximum Gasteiger partial charge on any atom is 0.220 e. The number of methoxy groups -OCH3 is 1. The number of aryl methyl sites for hydroxylation is 3. The SMILES string of the molecule is COc1ccccc1CCC(=O)NCc1c(C)noc1C. The van der Waals surface area contributed by atoms with Crippen LogP contribution in [0.15, 0.2) is 28.8 Å². The monoisotopic (exact) mass is 288 g/mol. The van der Waals surface area contributed by atoms with E-state index in [4.69, 9.17) is 9.26 Å². The molecule has 2 aromatic rings. The Hall–Kier alpha value is -2.30. The zero-order valence-corrected chi connectivity index (χ0v) is 12.6. The van der Waals surface area contributed by atoms with Crippen molar-refractivity contribution in [3.8, 4) is 5.75 Å². The number of carbonyl (C=O) groups is 1. The molecule has 0 saturated carbocycles. The lowest BCUT2D eigenvalue weighted by Gasteiger charge is -2.08. The van der Waals surface area contributed by atoms with E-state index >= 15 is 0 Å². The minimum atomic E-state index is 0.000839. The van der Waals surface area contributed by atoms with E-state index in [1.165, 1.54) is 0 Å². The lowest BCUT2D eigenvalue weighted by molar-refractivity contribution is -0.121. The highest BCUT2D eigenvalue weighted by atomic mass is 16.5. The molecule has 5 heteroatoms. The van der Waals surface area contributed by atoms with Crippen molar-refractivity contribution in [2.24, 2.45) is 0 Å². The smallest absolute Gasteiger partial charge is 0.220 e. The summed E-state index contributed by atoms with van der Waals surface area (Å²) in [4.78, 5) is 11.9. The predicted molar refractivity (Wildman–Crippen MR) is 79.1 cm³/mol. The fourth-order valence-electron chi connectivity index (χ4n) is 2.19. The Kier molecular flexibility index (Phi) is 4.98. The van der Waals surface area contributed by atoms with Crippen LogP contribution in [0.25, 0.3) is 0 Å². The van der Waals surface area contributed by atoms with Gasteiger partial charge in [0.2, 0.25) is 5.91 Å². The molecular weight excluding hydrogens is 268 g/mol. The average molecular weight is 288 g/mol. The largest absolute Gasteiger partial charge is 0.496 e. The Balaban J connectivity index is 1.85. The predicted octanol–water partition coefficient (Wildman–Crippen LogP) is 2.55. The van der Waals surface area contributed by atoms with Crippen LogP contribution in [0.3, 0.4) is 0 Å². The summed E-state index contributed by atoms with van der Waals surface area (Å²) in [6, 6.07) is 7.73. The highest BCUT2D eigenvalue weighted by molar-refractivity contribution is 5.76. The van der Waals surface area contributed by atoms with Crippen LogP contribution in [-0.4, -0.2) is 18.2 Å². The summed E-state index contributed by atoms with van der Waals surface area (Å²) in [7, 11) is 1.64. The quantitative estimate of drug-likeness (QED) is 0.887. The number of aromatic nitrogens is 1. The number of hydrogen-bond acceptors (Lipinski definition) is 4. The van der Waals surface area contributed by atoms with Crippen molar-refractivity contribution in [3.05, 3.63) is 46.8 Å². The lowest BCUT2D eigenvalue weighted by Crippen LogP contribution is -2.23. The maximum absolute atomic E-state index is 11.9. The minimum absolute atomic E-state index is 0.000839. The molecule has 0 spiro atoms. The summed E-state index contributed by atoms with van der Waals surface area (Å²) in [5, 5.41) is 6.76. The van der Waals surface area contributed by atoms with E-state index in [9.17, 15) is 4.79 Å². The van der Waals surface area contributed by atoms with E-state index in [2.05, 4.69) is 10.5 Å². The first-order valence-electron chi connectivity index (χ1n) is 6.92. The molecule has 0 aliphatic heterocycles. The number of ether oxygens (including phenoxy) is 1. The summed E-state index contributed by atoms with van der Waals surface area (Å²) in [6.07, 6.45) is 1.07. The number of carbonyl (C=O) groups excluding carboxylic acids is 1. The first-order valence-corrected chi connectivity index (χ1v) is 6.92. The summed E-state index contributed by atoms with van der Waals surface area (Å²) in [6.45, 7) is 4.16. The zero-order valence-electron chi connectivity index (χ0n) is 12.6. The molecule has 0 aliphatic carbocycles. The van der Waals surface area contributed by atoms with Gasteiger partial charge in [-0.2, -0.15) is 0 Å². The van der Waals surface area contributed by atoms with Crippen molar-refractivity contribution in [1.82, 2.24) is 10.5 Å². The fourth-order valence-corrected chi connectivity index (χ4v) is 2.19. The van der Waals surface area contributed by atoms with E-state index in [1.54, 1.807) is 7.11 Å². The van der Waals surface area contributed by atoms with E-state index in [1.807, 2.05) is 38.1 Å². The summed E-state index contributed by atoms with van der Waals surface area (Å²) in [5.41, 5.74) is 2.80. The summed E-state index contributed by atoms with van der Waals surface area (Å²) >= 11 is 0. The molecule has 0 atom stereocenters. The van der Waals surface area contributed by atoms with Crippen LogP contribution in [0, 0.1) is 13.8 Å². The molecule has 0 unspecified atom stereocenters. The minimum Gasteiger partial charge on any atom is -0.496 e. The van der Waals surface area contributed by atoms with Crippen molar-refractivity contribution in [2.45, 2.75) is 33.2 Å². The molecule has 21 heavy (non-hydrogen) atoms. The number of para-hydroxylation sites is 1. The molecule has 1 heterocycles. The maximum atomic E-state index is 11.9. The van der Waals surface area contributed by atoms with Gasteiger partial charge in [-0.25, -0.2) is 0 Å². The van der Waals surface area contributed by atoms with Gasteiger partial charge in [0, 0.05) is 18.5 Å². The van der Waals surface area contributed by atoms with Gasteiger partial charge in [-0.1, -0.05) is 23.4 Å². The van der Waals surface area contributed by atoms with Crippen molar-refractivity contribution in [2.75, 3.05) is 7.11 Å². The van der Waals surface area contributed by atoms with Gasteiger partial charge in [0.05, 0.1) is 12.8 Å². The molecule has 1 N–H and O–H groups in total. The lowest BCUT2D eigenvalue weighted by atomic mass is 10.1. The molecular formula is C16H20N2O3. The first-order chi connectivity index (χ1) is 10.1. The van der Waals surface area contributed by atoms with Gasteiger partial charge < -0.3 is 14.6 Å². The first kappa shape index (κ1) is 15.1. The number of rotatable bonds is 6. The summed E-state index contributed by atoms with van der Waals surface area (Å²) < 4.78 is 10.3. The zero-order chi connectivity index (χ0) is 15.2. The van der Waals surface area contributed by atoms with Gasteiger partial charge in [0.25, 0.3) is 0 Å². The second-order valence-corrected chi connectivity index (χ2v) is 4.89.